The number of aromatic nitrogens is 1. The predicted octanol–water partition coefficient (Wildman–Crippen LogP) is 3.32. The molecule has 20 heavy (non-hydrogen) atoms. The largest absolute Gasteiger partial charge is 0.452 e. The second kappa shape index (κ2) is 5.13. The van der Waals surface area contributed by atoms with Gasteiger partial charge in [-0.3, -0.25) is 0 Å². The predicted molar refractivity (Wildman–Crippen MR) is 69.5 cm³/mol. The fourth-order valence-electron chi connectivity index (χ4n) is 1.78. The van der Waals surface area contributed by atoms with Crippen LogP contribution in [0, 0.1) is 5.82 Å². The summed E-state index contributed by atoms with van der Waals surface area (Å²) in [7, 11) is 0. The highest BCUT2D eigenvalue weighted by Gasteiger charge is 2.10. The zero-order valence-electron chi connectivity index (χ0n) is 10.4. The Labute approximate surface area is 113 Å². The van der Waals surface area contributed by atoms with Gasteiger partial charge in [-0.1, -0.05) is 12.1 Å². The molecule has 100 valence electrons. The SMILES string of the molecule is O=C(OCc1nc2ccccc2o1)c1ccc(F)cc1. The van der Waals surface area contributed by atoms with E-state index in [2.05, 4.69) is 4.98 Å². The second-order valence-electron chi connectivity index (χ2n) is 4.16. The third-order valence-electron chi connectivity index (χ3n) is 2.74. The topological polar surface area (TPSA) is 52.3 Å². The van der Waals surface area contributed by atoms with Crippen molar-refractivity contribution in [3.05, 3.63) is 65.8 Å². The number of halogens is 1. The number of carbonyl (C=O) groups excluding carboxylic acids is 1. The summed E-state index contributed by atoms with van der Waals surface area (Å²) in [5.74, 6) is -0.630. The van der Waals surface area contributed by atoms with Crippen molar-refractivity contribution in [1.29, 1.82) is 0 Å². The Morgan fingerprint density at radius 3 is 2.65 bits per heavy atom. The average molecular weight is 271 g/mol. The molecule has 0 saturated carbocycles. The molecule has 4 nitrogen and oxygen atoms in total. The Bertz CT molecular complexity index is 716. The van der Waals surface area contributed by atoms with Crippen molar-refractivity contribution in [3.63, 3.8) is 0 Å². The van der Waals surface area contributed by atoms with Gasteiger partial charge in [0.05, 0.1) is 5.56 Å². The lowest BCUT2D eigenvalue weighted by molar-refractivity contribution is 0.0440. The highest BCUT2D eigenvalue weighted by molar-refractivity contribution is 5.89. The van der Waals surface area contributed by atoms with Crippen LogP contribution in [0.1, 0.15) is 16.2 Å². The minimum absolute atomic E-state index is 0.0646. The summed E-state index contributed by atoms with van der Waals surface area (Å²) in [6.07, 6.45) is 0. The highest BCUT2D eigenvalue weighted by atomic mass is 19.1. The van der Waals surface area contributed by atoms with Crippen LogP contribution in [0.5, 0.6) is 0 Å². The molecule has 0 saturated heterocycles. The Hall–Kier alpha value is -2.69. The maximum atomic E-state index is 12.7. The van der Waals surface area contributed by atoms with Crippen molar-refractivity contribution in [3.8, 4) is 0 Å². The van der Waals surface area contributed by atoms with Crippen LogP contribution < -0.4 is 0 Å². The molecule has 0 spiro atoms. The van der Waals surface area contributed by atoms with Crippen LogP contribution in [-0.2, 0) is 11.3 Å². The number of hydrogen-bond acceptors (Lipinski definition) is 4. The molecule has 0 aliphatic rings. The lowest BCUT2D eigenvalue weighted by atomic mass is 10.2. The lowest BCUT2D eigenvalue weighted by Gasteiger charge is -2.01. The van der Waals surface area contributed by atoms with E-state index in [4.69, 9.17) is 9.15 Å². The number of nitrogens with zero attached hydrogens (tertiary/aromatic N) is 1. The Balaban J connectivity index is 1.69. The molecule has 2 aromatic carbocycles. The van der Waals surface area contributed by atoms with E-state index in [9.17, 15) is 9.18 Å². The number of ether oxygens (including phenoxy) is 1. The molecule has 0 aliphatic heterocycles. The number of fused-ring (bicyclic) bond motifs is 1. The van der Waals surface area contributed by atoms with Gasteiger partial charge in [0.2, 0.25) is 5.89 Å². The normalized spacial score (nSPS) is 10.7. The van der Waals surface area contributed by atoms with Crippen LogP contribution in [0.2, 0.25) is 0 Å². The van der Waals surface area contributed by atoms with Crippen LogP contribution >= 0.6 is 0 Å². The van der Waals surface area contributed by atoms with Gasteiger partial charge < -0.3 is 9.15 Å². The summed E-state index contributed by atoms with van der Waals surface area (Å²) in [6, 6.07) is 12.4. The maximum absolute atomic E-state index is 12.7. The maximum Gasteiger partial charge on any atom is 0.338 e. The van der Waals surface area contributed by atoms with Gasteiger partial charge in [-0.05, 0) is 36.4 Å². The molecule has 0 amide bonds. The van der Waals surface area contributed by atoms with E-state index in [0.717, 1.165) is 0 Å². The highest BCUT2D eigenvalue weighted by Crippen LogP contribution is 2.15. The third kappa shape index (κ3) is 2.51. The molecular weight excluding hydrogens is 261 g/mol. The molecule has 1 aromatic heterocycles. The number of hydrogen-bond donors (Lipinski definition) is 0. The summed E-state index contributed by atoms with van der Waals surface area (Å²) >= 11 is 0. The molecular formula is C15H10FNO3. The Kier molecular flexibility index (Phi) is 3.16. The first-order valence-electron chi connectivity index (χ1n) is 5.99. The number of para-hydroxylation sites is 2. The molecule has 3 rings (SSSR count). The standard InChI is InChI=1S/C15H10FNO3/c16-11-7-5-10(6-8-11)15(18)19-9-14-17-12-3-1-2-4-13(12)20-14/h1-8H,9H2. The first-order chi connectivity index (χ1) is 9.72. The van der Waals surface area contributed by atoms with Gasteiger partial charge in [0.25, 0.3) is 0 Å². The Morgan fingerprint density at radius 1 is 1.15 bits per heavy atom. The molecule has 0 aliphatic carbocycles. The molecule has 0 bridgehead atoms. The van der Waals surface area contributed by atoms with Crippen molar-refractivity contribution >= 4 is 17.1 Å². The van der Waals surface area contributed by atoms with E-state index < -0.39 is 11.8 Å². The molecule has 0 atom stereocenters. The van der Waals surface area contributed by atoms with Crippen LogP contribution in [0.3, 0.4) is 0 Å². The van der Waals surface area contributed by atoms with E-state index in [0.29, 0.717) is 17.0 Å². The minimum atomic E-state index is -0.549. The number of rotatable bonds is 3. The molecule has 0 N–H and O–H groups in total. The monoisotopic (exact) mass is 271 g/mol. The molecule has 0 unspecified atom stereocenters. The van der Waals surface area contributed by atoms with Gasteiger partial charge in [0, 0.05) is 0 Å². The summed E-state index contributed by atoms with van der Waals surface area (Å²) in [5.41, 5.74) is 1.63. The van der Waals surface area contributed by atoms with Gasteiger partial charge in [0.1, 0.15) is 11.3 Å². The van der Waals surface area contributed by atoms with Crippen molar-refractivity contribution in [2.75, 3.05) is 0 Å². The minimum Gasteiger partial charge on any atom is -0.452 e. The smallest absolute Gasteiger partial charge is 0.338 e. The first-order valence-corrected chi connectivity index (χ1v) is 5.99. The number of carbonyl (C=O) groups is 1. The third-order valence-corrected chi connectivity index (χ3v) is 2.74. The van der Waals surface area contributed by atoms with E-state index in [-0.39, 0.29) is 12.2 Å². The zero-order valence-corrected chi connectivity index (χ0v) is 10.4. The van der Waals surface area contributed by atoms with Gasteiger partial charge in [-0.25, -0.2) is 14.2 Å². The van der Waals surface area contributed by atoms with Gasteiger partial charge in [-0.15, -0.1) is 0 Å². The van der Waals surface area contributed by atoms with Crippen molar-refractivity contribution in [2.45, 2.75) is 6.61 Å². The van der Waals surface area contributed by atoms with Gasteiger partial charge >= 0.3 is 5.97 Å². The van der Waals surface area contributed by atoms with E-state index in [1.54, 1.807) is 6.07 Å². The number of esters is 1. The molecule has 3 aromatic rings. The fourth-order valence-corrected chi connectivity index (χ4v) is 1.78. The van der Waals surface area contributed by atoms with Crippen molar-refractivity contribution in [1.82, 2.24) is 4.98 Å². The molecule has 0 fully saturated rings. The molecule has 0 radical (unpaired) electrons. The average Bonchev–Trinajstić information content (AvgIpc) is 2.88. The van der Waals surface area contributed by atoms with Crippen molar-refractivity contribution < 1.29 is 18.3 Å². The summed E-state index contributed by atoms with van der Waals surface area (Å²) < 4.78 is 23.2. The molecule has 1 heterocycles. The molecule has 5 heteroatoms. The zero-order chi connectivity index (χ0) is 13.9. The van der Waals surface area contributed by atoms with E-state index >= 15 is 0 Å². The first kappa shape index (κ1) is 12.3. The quantitative estimate of drug-likeness (QED) is 0.686. The number of oxazole rings is 1. The van der Waals surface area contributed by atoms with Crippen LogP contribution in [0.4, 0.5) is 4.39 Å². The van der Waals surface area contributed by atoms with E-state index in [1.165, 1.54) is 24.3 Å². The fraction of sp³-hybridized carbons (Fsp3) is 0.0667. The van der Waals surface area contributed by atoms with Gasteiger partial charge in [0.15, 0.2) is 12.2 Å². The number of benzene rings is 2. The van der Waals surface area contributed by atoms with Crippen LogP contribution in [0.25, 0.3) is 11.1 Å². The summed E-state index contributed by atoms with van der Waals surface area (Å²) in [4.78, 5) is 15.9. The van der Waals surface area contributed by atoms with Crippen LogP contribution in [-0.4, -0.2) is 11.0 Å². The second-order valence-corrected chi connectivity index (χ2v) is 4.16. The lowest BCUT2D eigenvalue weighted by Crippen LogP contribution is -2.05. The van der Waals surface area contributed by atoms with Gasteiger partial charge in [-0.2, -0.15) is 0 Å². The van der Waals surface area contributed by atoms with E-state index in [1.807, 2.05) is 18.2 Å². The van der Waals surface area contributed by atoms with Crippen LogP contribution in [0.15, 0.2) is 52.9 Å². The summed E-state index contributed by atoms with van der Waals surface area (Å²) in [6.45, 7) is -0.0646. The summed E-state index contributed by atoms with van der Waals surface area (Å²) in [5, 5.41) is 0. The Morgan fingerprint density at radius 2 is 1.90 bits per heavy atom. The van der Waals surface area contributed by atoms with Crippen molar-refractivity contribution in [2.24, 2.45) is 0 Å².